The van der Waals surface area contributed by atoms with E-state index < -0.39 is 0 Å². The number of halogens is 1. The highest BCUT2D eigenvalue weighted by Gasteiger charge is 2.11. The molecule has 0 spiro atoms. The quantitative estimate of drug-likeness (QED) is 0.900. The van der Waals surface area contributed by atoms with E-state index in [0.717, 1.165) is 15.7 Å². The molecule has 0 aliphatic carbocycles. The van der Waals surface area contributed by atoms with Crippen molar-refractivity contribution >= 4 is 27.5 Å². The lowest BCUT2D eigenvalue weighted by Crippen LogP contribution is -2.41. The third-order valence-corrected chi connectivity index (χ3v) is 2.74. The Hall–Kier alpha value is -0.870. The fraction of sp³-hybridized carbons (Fsp3) is 0.462. The van der Waals surface area contributed by atoms with E-state index in [9.17, 15) is 4.79 Å². The van der Waals surface area contributed by atoms with E-state index in [4.69, 9.17) is 0 Å². The first-order chi connectivity index (χ1) is 7.78. The summed E-state index contributed by atoms with van der Waals surface area (Å²) in [6.07, 6.45) is 0. The molecule has 0 aromatic heterocycles. The van der Waals surface area contributed by atoms with Crippen molar-refractivity contribution < 1.29 is 4.79 Å². The summed E-state index contributed by atoms with van der Waals surface area (Å²) in [7, 11) is 0. The maximum Gasteiger partial charge on any atom is 0.238 e. The molecule has 0 aliphatic rings. The first kappa shape index (κ1) is 14.2. The number of nitrogens with one attached hydrogen (secondary N) is 2. The van der Waals surface area contributed by atoms with E-state index in [-0.39, 0.29) is 11.4 Å². The van der Waals surface area contributed by atoms with Crippen LogP contribution >= 0.6 is 15.9 Å². The van der Waals surface area contributed by atoms with Gasteiger partial charge in [0.1, 0.15) is 0 Å². The molecule has 0 bridgehead atoms. The van der Waals surface area contributed by atoms with E-state index in [1.165, 1.54) is 0 Å². The Kier molecular flexibility index (Phi) is 4.71. The summed E-state index contributed by atoms with van der Waals surface area (Å²) in [5, 5.41) is 6.04. The summed E-state index contributed by atoms with van der Waals surface area (Å²) in [6.45, 7) is 8.39. The van der Waals surface area contributed by atoms with Crippen molar-refractivity contribution in [1.29, 1.82) is 0 Å². The van der Waals surface area contributed by atoms with Gasteiger partial charge in [0.2, 0.25) is 5.91 Å². The van der Waals surface area contributed by atoms with Crippen LogP contribution in [0.15, 0.2) is 22.7 Å². The minimum absolute atomic E-state index is 0.0228. The lowest BCUT2D eigenvalue weighted by Gasteiger charge is -2.20. The van der Waals surface area contributed by atoms with Gasteiger partial charge in [0.25, 0.3) is 0 Å². The third-order valence-electron chi connectivity index (χ3n) is 2.24. The second-order valence-corrected chi connectivity index (χ2v) is 6.03. The van der Waals surface area contributed by atoms with Gasteiger partial charge in [-0.1, -0.05) is 15.9 Å². The van der Waals surface area contributed by atoms with E-state index in [2.05, 4.69) is 26.6 Å². The number of hydrogen-bond donors (Lipinski definition) is 2. The van der Waals surface area contributed by atoms with Crippen molar-refractivity contribution in [2.75, 3.05) is 11.9 Å². The molecule has 0 fully saturated rings. The lowest BCUT2D eigenvalue weighted by molar-refractivity contribution is -0.115. The SMILES string of the molecule is Cc1cc(Br)ccc1NC(=O)CNC(C)(C)C. The van der Waals surface area contributed by atoms with E-state index in [0.29, 0.717) is 6.54 Å². The zero-order chi connectivity index (χ0) is 13.1. The first-order valence-electron chi connectivity index (χ1n) is 5.59. The molecule has 1 aromatic rings. The summed E-state index contributed by atoms with van der Waals surface area (Å²) in [4.78, 5) is 11.7. The molecule has 1 amide bonds. The second-order valence-electron chi connectivity index (χ2n) is 5.11. The number of aryl methyl sites for hydroxylation is 1. The number of hydrogen-bond acceptors (Lipinski definition) is 2. The van der Waals surface area contributed by atoms with Crippen LogP contribution in [0.1, 0.15) is 26.3 Å². The van der Waals surface area contributed by atoms with Gasteiger partial charge >= 0.3 is 0 Å². The van der Waals surface area contributed by atoms with Crippen LogP contribution in [0.2, 0.25) is 0 Å². The predicted octanol–water partition coefficient (Wildman–Crippen LogP) is 3.08. The number of benzene rings is 1. The summed E-state index contributed by atoms with van der Waals surface area (Å²) in [6, 6.07) is 5.79. The topological polar surface area (TPSA) is 41.1 Å². The van der Waals surface area contributed by atoms with Gasteiger partial charge in [0, 0.05) is 15.7 Å². The molecule has 1 aromatic carbocycles. The predicted molar refractivity (Wildman–Crippen MR) is 75.3 cm³/mol. The maximum atomic E-state index is 11.7. The maximum absolute atomic E-state index is 11.7. The molecule has 1 rings (SSSR count). The van der Waals surface area contributed by atoms with Gasteiger partial charge in [-0.15, -0.1) is 0 Å². The van der Waals surface area contributed by atoms with Crippen molar-refractivity contribution in [3.8, 4) is 0 Å². The molecule has 94 valence electrons. The first-order valence-corrected chi connectivity index (χ1v) is 6.38. The molecule has 0 aliphatic heterocycles. The van der Waals surface area contributed by atoms with Gasteiger partial charge in [-0.3, -0.25) is 4.79 Å². The molecule has 0 saturated heterocycles. The van der Waals surface area contributed by atoms with E-state index in [1.807, 2.05) is 45.9 Å². The Balaban J connectivity index is 2.57. The van der Waals surface area contributed by atoms with Crippen LogP contribution in [0.4, 0.5) is 5.69 Å². The van der Waals surface area contributed by atoms with Crippen LogP contribution in [-0.2, 0) is 4.79 Å². The number of amides is 1. The number of anilines is 1. The molecule has 0 saturated carbocycles. The Labute approximate surface area is 111 Å². The van der Waals surface area contributed by atoms with Crippen molar-refractivity contribution in [1.82, 2.24) is 5.32 Å². The molecular weight excluding hydrogens is 280 g/mol. The van der Waals surface area contributed by atoms with Crippen LogP contribution in [0.3, 0.4) is 0 Å². The molecule has 2 N–H and O–H groups in total. The smallest absolute Gasteiger partial charge is 0.238 e. The van der Waals surface area contributed by atoms with Crippen LogP contribution in [0.5, 0.6) is 0 Å². The molecule has 17 heavy (non-hydrogen) atoms. The summed E-state index contributed by atoms with van der Waals surface area (Å²) in [5.74, 6) is -0.0228. The Morgan fingerprint density at radius 3 is 2.53 bits per heavy atom. The Morgan fingerprint density at radius 1 is 1.35 bits per heavy atom. The minimum Gasteiger partial charge on any atom is -0.325 e. The van der Waals surface area contributed by atoms with Crippen molar-refractivity contribution in [3.05, 3.63) is 28.2 Å². The molecule has 0 atom stereocenters. The molecule has 0 unspecified atom stereocenters. The molecular formula is C13H19BrN2O. The minimum atomic E-state index is -0.0495. The van der Waals surface area contributed by atoms with Gasteiger partial charge < -0.3 is 10.6 Å². The summed E-state index contributed by atoms with van der Waals surface area (Å²) < 4.78 is 1.01. The van der Waals surface area contributed by atoms with Gasteiger partial charge in [-0.2, -0.15) is 0 Å². The van der Waals surface area contributed by atoms with Gasteiger partial charge in [0.15, 0.2) is 0 Å². The highest BCUT2D eigenvalue weighted by molar-refractivity contribution is 9.10. The zero-order valence-corrected chi connectivity index (χ0v) is 12.3. The van der Waals surface area contributed by atoms with Crippen molar-refractivity contribution in [3.63, 3.8) is 0 Å². The van der Waals surface area contributed by atoms with E-state index >= 15 is 0 Å². The molecule has 4 heteroatoms. The highest BCUT2D eigenvalue weighted by atomic mass is 79.9. The zero-order valence-electron chi connectivity index (χ0n) is 10.7. The third kappa shape index (κ3) is 5.33. The van der Waals surface area contributed by atoms with Crippen molar-refractivity contribution in [2.24, 2.45) is 0 Å². The van der Waals surface area contributed by atoms with Crippen LogP contribution in [-0.4, -0.2) is 18.0 Å². The number of rotatable bonds is 3. The van der Waals surface area contributed by atoms with Crippen LogP contribution in [0, 0.1) is 6.92 Å². The van der Waals surface area contributed by atoms with Gasteiger partial charge in [0.05, 0.1) is 6.54 Å². The average molecular weight is 299 g/mol. The monoisotopic (exact) mass is 298 g/mol. The molecule has 0 heterocycles. The van der Waals surface area contributed by atoms with Crippen molar-refractivity contribution in [2.45, 2.75) is 33.2 Å². The van der Waals surface area contributed by atoms with Gasteiger partial charge in [-0.05, 0) is 51.5 Å². The normalized spacial score (nSPS) is 11.4. The molecule has 0 radical (unpaired) electrons. The number of carbonyl (C=O) groups is 1. The number of carbonyl (C=O) groups excluding carboxylic acids is 1. The lowest BCUT2D eigenvalue weighted by atomic mass is 10.1. The van der Waals surface area contributed by atoms with Crippen LogP contribution in [0.25, 0.3) is 0 Å². The molecule has 3 nitrogen and oxygen atoms in total. The van der Waals surface area contributed by atoms with Crippen LogP contribution < -0.4 is 10.6 Å². The highest BCUT2D eigenvalue weighted by Crippen LogP contribution is 2.19. The van der Waals surface area contributed by atoms with E-state index in [1.54, 1.807) is 0 Å². The summed E-state index contributed by atoms with van der Waals surface area (Å²) in [5.41, 5.74) is 1.85. The largest absolute Gasteiger partial charge is 0.325 e. The standard InChI is InChI=1S/C13H19BrN2O/c1-9-7-10(14)5-6-11(9)16-12(17)8-15-13(2,3)4/h5-7,15H,8H2,1-4H3,(H,16,17). The second kappa shape index (κ2) is 5.65. The average Bonchev–Trinajstić information content (AvgIpc) is 2.18. The fourth-order valence-electron chi connectivity index (χ4n) is 1.31. The fourth-order valence-corrected chi connectivity index (χ4v) is 1.78. The Bertz CT molecular complexity index is 410. The summed E-state index contributed by atoms with van der Waals surface area (Å²) >= 11 is 3.39. The Morgan fingerprint density at radius 2 is 2.00 bits per heavy atom. The van der Waals surface area contributed by atoms with Gasteiger partial charge in [-0.25, -0.2) is 0 Å².